The molecule has 1 aromatic carbocycles. The van der Waals surface area contributed by atoms with Gasteiger partial charge in [-0.25, -0.2) is 9.97 Å². The molecule has 1 atom stereocenters. The Kier molecular flexibility index (Phi) is 8.10. The van der Waals surface area contributed by atoms with Gasteiger partial charge < -0.3 is 20.4 Å². The number of alkyl halides is 6. The van der Waals surface area contributed by atoms with Crippen molar-refractivity contribution in [3.63, 3.8) is 0 Å². The summed E-state index contributed by atoms with van der Waals surface area (Å²) in [7, 11) is 0. The number of halogens is 6. The molecule has 0 saturated carbocycles. The van der Waals surface area contributed by atoms with Crippen molar-refractivity contribution in [2.24, 2.45) is 0 Å². The molecule has 0 unspecified atom stereocenters. The van der Waals surface area contributed by atoms with Crippen LogP contribution < -0.4 is 20.9 Å². The quantitative estimate of drug-likeness (QED) is 0.197. The van der Waals surface area contributed by atoms with Gasteiger partial charge in [0.1, 0.15) is 17.8 Å². The van der Waals surface area contributed by atoms with Crippen molar-refractivity contribution in [2.45, 2.75) is 43.4 Å². The summed E-state index contributed by atoms with van der Waals surface area (Å²) in [5.41, 5.74) is -3.89. The number of benzene rings is 1. The van der Waals surface area contributed by atoms with E-state index in [1.807, 2.05) is 12.1 Å². The number of H-pyrrole nitrogens is 2. The third-order valence-corrected chi connectivity index (χ3v) is 7.12. The fourth-order valence-electron chi connectivity index (χ4n) is 4.97. The topological polar surface area (TPSA) is 105 Å². The van der Waals surface area contributed by atoms with Gasteiger partial charge in [-0.3, -0.25) is 10.1 Å². The second-order valence-electron chi connectivity index (χ2n) is 9.83. The number of nitrogens with one attached hydrogen (secondary N) is 5. The predicted molar refractivity (Wildman–Crippen MR) is 142 cm³/mol. The van der Waals surface area contributed by atoms with E-state index in [1.165, 1.54) is 6.07 Å². The first-order valence-electron chi connectivity index (χ1n) is 13.1. The Labute approximate surface area is 235 Å². The number of fused-ring (bicyclic) bond motifs is 1. The minimum Gasteiger partial charge on any atom is -0.352 e. The number of hydrogen-bond acceptors (Lipinski definition) is 5. The largest absolute Gasteiger partial charge is 0.430 e. The normalized spacial score (nSPS) is 16.1. The lowest BCUT2D eigenvalue weighted by atomic mass is 9.91. The van der Waals surface area contributed by atoms with E-state index in [-0.39, 0.29) is 11.3 Å². The second-order valence-corrected chi connectivity index (χ2v) is 9.83. The smallest absolute Gasteiger partial charge is 0.352 e. The number of hydrogen-bond donors (Lipinski definition) is 4. The van der Waals surface area contributed by atoms with E-state index in [0.717, 1.165) is 23.1 Å². The van der Waals surface area contributed by atoms with E-state index in [1.54, 1.807) is 24.7 Å². The monoisotopic (exact) mass is 593 g/mol. The van der Waals surface area contributed by atoms with Crippen molar-refractivity contribution in [1.82, 2.24) is 15.3 Å². The summed E-state index contributed by atoms with van der Waals surface area (Å²) in [4.78, 5) is 23.3. The zero-order valence-corrected chi connectivity index (χ0v) is 22.0. The third-order valence-electron chi connectivity index (χ3n) is 7.12. The highest BCUT2D eigenvalue weighted by Gasteiger charge is 2.73. The lowest BCUT2D eigenvalue weighted by Gasteiger charge is -2.38. The Morgan fingerprint density at radius 2 is 1.81 bits per heavy atom. The summed E-state index contributed by atoms with van der Waals surface area (Å²) in [6.45, 7) is 0.0526. The van der Waals surface area contributed by atoms with Gasteiger partial charge in [0.25, 0.3) is 17.3 Å². The Bertz CT molecular complexity index is 1520. The van der Waals surface area contributed by atoms with Crippen LogP contribution in [0, 0.1) is 0 Å². The molecule has 1 aliphatic rings. The number of aromatic nitrogens is 3. The van der Waals surface area contributed by atoms with Gasteiger partial charge in [-0.1, -0.05) is 12.1 Å². The van der Waals surface area contributed by atoms with E-state index in [0.29, 0.717) is 49.5 Å². The second kappa shape index (κ2) is 11.6. The lowest BCUT2D eigenvalue weighted by Crippen LogP contribution is -2.57. The third kappa shape index (κ3) is 5.77. The SMILES string of the molecule is O=C(Nc1ccc(C(OC[C@@H]2CCCN2)(C(F)(F)F)C(F)(F)F)cc1)c1ccc[nH+]c1NCc1ccnc2[nH]ccc12. The maximum Gasteiger partial charge on any atom is 0.430 e. The Hall–Kier alpha value is -4.17. The van der Waals surface area contributed by atoms with Gasteiger partial charge in [0.2, 0.25) is 0 Å². The minimum absolute atomic E-state index is 0.00238. The average Bonchev–Trinajstić information content (AvgIpc) is 3.64. The number of carbonyl (C=O) groups is 1. The molecular formula is C28H27F6N6O2+. The molecule has 4 aromatic rings. The number of nitrogens with zero attached hydrogens (tertiary/aromatic N) is 1. The van der Waals surface area contributed by atoms with E-state index >= 15 is 0 Å². The van der Waals surface area contributed by atoms with Gasteiger partial charge in [0.15, 0.2) is 0 Å². The maximum atomic E-state index is 14.1. The van der Waals surface area contributed by atoms with Crippen LogP contribution in [-0.4, -0.2) is 47.4 Å². The van der Waals surface area contributed by atoms with Crippen LogP contribution in [0.1, 0.15) is 34.3 Å². The molecule has 42 heavy (non-hydrogen) atoms. The first-order chi connectivity index (χ1) is 20.0. The molecule has 0 aliphatic carbocycles. The molecule has 0 spiro atoms. The summed E-state index contributed by atoms with van der Waals surface area (Å²) in [6.07, 6.45) is -5.56. The molecule has 5 rings (SSSR count). The standard InChI is InChI=1S/C28H26F6N6O2/c29-27(30,31)26(28(32,33)34,42-16-20-3-1-11-35-20)18-5-7-19(8-6-18)40-25(41)22-4-2-12-36-24(22)39-15-17-9-13-37-23-21(17)10-14-38-23/h2,4-10,12-14,20,35H,1,3,11,15-16H2,(H,36,39)(H,37,38)(H,40,41)/p+1/t20-/m0/s1. The molecule has 1 aliphatic heterocycles. The number of ether oxygens (including phenoxy) is 1. The summed E-state index contributed by atoms with van der Waals surface area (Å²) in [5.74, 6) is -0.278. The first-order valence-corrected chi connectivity index (χ1v) is 13.1. The molecule has 1 amide bonds. The number of carbonyl (C=O) groups excluding carboxylic acids is 1. The lowest BCUT2D eigenvalue weighted by molar-refractivity contribution is -0.390. The van der Waals surface area contributed by atoms with Crippen molar-refractivity contribution in [2.75, 3.05) is 23.8 Å². The molecular weight excluding hydrogens is 566 g/mol. The number of rotatable bonds is 9. The average molecular weight is 594 g/mol. The van der Waals surface area contributed by atoms with Gasteiger partial charge >= 0.3 is 12.4 Å². The summed E-state index contributed by atoms with van der Waals surface area (Å²) in [5, 5.41) is 9.41. The summed E-state index contributed by atoms with van der Waals surface area (Å²) in [6, 6.07) is 9.47. The molecule has 0 radical (unpaired) electrons. The highest BCUT2D eigenvalue weighted by Crippen LogP contribution is 2.53. The van der Waals surface area contributed by atoms with Gasteiger partial charge in [0, 0.05) is 40.6 Å². The zero-order valence-electron chi connectivity index (χ0n) is 22.0. The summed E-state index contributed by atoms with van der Waals surface area (Å²) < 4.78 is 89.4. The fourth-order valence-corrected chi connectivity index (χ4v) is 4.97. The van der Waals surface area contributed by atoms with Crippen LogP contribution >= 0.6 is 0 Å². The van der Waals surface area contributed by atoms with Gasteiger partial charge in [-0.2, -0.15) is 26.3 Å². The Morgan fingerprint density at radius 1 is 1.05 bits per heavy atom. The molecule has 4 heterocycles. The maximum absolute atomic E-state index is 14.1. The number of amides is 1. The van der Waals surface area contributed by atoms with Crippen LogP contribution in [0.25, 0.3) is 11.0 Å². The van der Waals surface area contributed by atoms with E-state index in [9.17, 15) is 31.1 Å². The Morgan fingerprint density at radius 3 is 2.50 bits per heavy atom. The van der Waals surface area contributed by atoms with Crippen molar-refractivity contribution in [3.8, 4) is 0 Å². The van der Waals surface area contributed by atoms with Gasteiger partial charge in [-0.15, -0.1) is 0 Å². The first kappa shape index (κ1) is 29.3. The summed E-state index contributed by atoms with van der Waals surface area (Å²) >= 11 is 0. The highest BCUT2D eigenvalue weighted by molar-refractivity contribution is 6.07. The van der Waals surface area contributed by atoms with Crippen LogP contribution in [0.4, 0.5) is 37.8 Å². The molecule has 14 heteroatoms. The molecule has 222 valence electrons. The number of anilines is 2. The van der Waals surface area contributed by atoms with Crippen molar-refractivity contribution in [3.05, 3.63) is 83.8 Å². The molecule has 0 bridgehead atoms. The van der Waals surface area contributed by atoms with Crippen LogP contribution in [0.15, 0.2) is 67.1 Å². The van der Waals surface area contributed by atoms with Crippen LogP contribution in [0.2, 0.25) is 0 Å². The molecule has 1 fully saturated rings. The van der Waals surface area contributed by atoms with E-state index < -0.39 is 42.1 Å². The van der Waals surface area contributed by atoms with Crippen LogP contribution in [0.5, 0.6) is 0 Å². The molecule has 8 nitrogen and oxygen atoms in total. The number of aromatic amines is 2. The van der Waals surface area contributed by atoms with Crippen molar-refractivity contribution >= 4 is 28.4 Å². The number of pyridine rings is 2. The van der Waals surface area contributed by atoms with Crippen molar-refractivity contribution in [1.29, 1.82) is 0 Å². The predicted octanol–water partition coefficient (Wildman–Crippen LogP) is 5.33. The Balaban J connectivity index is 1.34. The molecule has 5 N–H and O–H groups in total. The van der Waals surface area contributed by atoms with Crippen LogP contribution in [-0.2, 0) is 16.9 Å². The zero-order chi connectivity index (χ0) is 30.0. The fraction of sp³-hybridized carbons (Fsp3) is 0.321. The highest BCUT2D eigenvalue weighted by atomic mass is 19.4. The molecule has 1 saturated heterocycles. The van der Waals surface area contributed by atoms with Crippen molar-refractivity contribution < 1.29 is 40.9 Å². The van der Waals surface area contributed by atoms with E-state index in [4.69, 9.17) is 4.74 Å². The van der Waals surface area contributed by atoms with Gasteiger partial charge in [0.05, 0.1) is 12.8 Å². The molecule has 3 aromatic heterocycles. The van der Waals surface area contributed by atoms with Gasteiger partial charge in [-0.05, 0) is 55.8 Å². The minimum atomic E-state index is -5.80. The van der Waals surface area contributed by atoms with E-state index in [2.05, 4.69) is 30.9 Å². The van der Waals surface area contributed by atoms with Crippen LogP contribution in [0.3, 0.4) is 0 Å².